The van der Waals surface area contributed by atoms with Gasteiger partial charge in [-0.05, 0) is 68.7 Å². The summed E-state index contributed by atoms with van der Waals surface area (Å²) in [6.07, 6.45) is 0.761. The molecule has 38 heavy (non-hydrogen) atoms. The van der Waals surface area contributed by atoms with Crippen LogP contribution in [0.3, 0.4) is 0 Å². The molecule has 1 saturated carbocycles. The molecule has 0 radical (unpaired) electrons. The number of carboxylic acids is 1. The van der Waals surface area contributed by atoms with Crippen molar-refractivity contribution in [1.29, 1.82) is 0 Å². The molecule has 1 aliphatic carbocycles. The Bertz CT molecular complexity index is 1400. The Morgan fingerprint density at radius 1 is 1.16 bits per heavy atom. The van der Waals surface area contributed by atoms with Crippen LogP contribution in [0.25, 0.3) is 11.3 Å². The highest BCUT2D eigenvalue weighted by molar-refractivity contribution is 5.91. The first-order valence-corrected chi connectivity index (χ1v) is 13.0. The predicted molar refractivity (Wildman–Crippen MR) is 142 cm³/mol. The maximum atomic E-state index is 12.8. The SMILES string of the molecule is Cc1cc(C2(C)COC3(CC(=O)O)CC3C2)ccc1-c1onc(C)c1NC(=O)O[C@H](C)c1ccccc1C. The fraction of sp³-hybridized carbons (Fsp3) is 0.433. The van der Waals surface area contributed by atoms with Crippen molar-refractivity contribution >= 4 is 17.7 Å². The van der Waals surface area contributed by atoms with Gasteiger partial charge in [-0.15, -0.1) is 0 Å². The van der Waals surface area contributed by atoms with E-state index in [1.165, 1.54) is 0 Å². The van der Waals surface area contributed by atoms with Gasteiger partial charge < -0.3 is 19.1 Å². The third-order valence-electron chi connectivity index (χ3n) is 8.17. The highest BCUT2D eigenvalue weighted by Crippen LogP contribution is 2.59. The molecule has 5 rings (SSSR count). The van der Waals surface area contributed by atoms with Crippen LogP contribution in [-0.2, 0) is 19.7 Å². The molecule has 8 nitrogen and oxygen atoms in total. The second-order valence-corrected chi connectivity index (χ2v) is 11.1. The van der Waals surface area contributed by atoms with Crippen molar-refractivity contribution in [1.82, 2.24) is 5.16 Å². The minimum Gasteiger partial charge on any atom is -0.481 e. The van der Waals surface area contributed by atoms with Gasteiger partial charge in [0.15, 0.2) is 5.76 Å². The van der Waals surface area contributed by atoms with Gasteiger partial charge in [0, 0.05) is 11.0 Å². The average Bonchev–Trinajstić information content (AvgIpc) is 3.43. The molecule has 2 aliphatic rings. The van der Waals surface area contributed by atoms with Gasteiger partial charge in [0.25, 0.3) is 0 Å². The van der Waals surface area contributed by atoms with Crippen LogP contribution in [0.4, 0.5) is 10.5 Å². The number of ether oxygens (including phenoxy) is 2. The molecule has 1 aliphatic heterocycles. The summed E-state index contributed by atoms with van der Waals surface area (Å²) in [5, 5.41) is 16.2. The molecule has 2 heterocycles. The Balaban J connectivity index is 1.32. The molecule has 1 aromatic heterocycles. The monoisotopic (exact) mass is 518 g/mol. The fourth-order valence-electron chi connectivity index (χ4n) is 5.82. The molecule has 3 unspecified atom stereocenters. The Hall–Kier alpha value is -3.65. The smallest absolute Gasteiger partial charge is 0.412 e. The maximum Gasteiger partial charge on any atom is 0.412 e. The molecule has 1 saturated heterocycles. The van der Waals surface area contributed by atoms with Crippen molar-refractivity contribution in [3.8, 4) is 11.3 Å². The zero-order valence-corrected chi connectivity index (χ0v) is 22.5. The molecule has 200 valence electrons. The third-order valence-corrected chi connectivity index (χ3v) is 8.17. The Morgan fingerprint density at radius 3 is 2.61 bits per heavy atom. The first kappa shape index (κ1) is 26.0. The molecule has 3 aromatic rings. The minimum absolute atomic E-state index is 0.0680. The summed E-state index contributed by atoms with van der Waals surface area (Å²) in [6, 6.07) is 14.0. The van der Waals surface area contributed by atoms with Gasteiger partial charge >= 0.3 is 12.1 Å². The van der Waals surface area contributed by atoms with Crippen LogP contribution in [0.2, 0.25) is 0 Å². The second kappa shape index (κ2) is 9.58. The molecular weight excluding hydrogens is 484 g/mol. The topological polar surface area (TPSA) is 111 Å². The lowest BCUT2D eigenvalue weighted by Crippen LogP contribution is -2.39. The molecule has 1 amide bonds. The van der Waals surface area contributed by atoms with Crippen molar-refractivity contribution in [2.45, 2.75) is 71.0 Å². The van der Waals surface area contributed by atoms with E-state index >= 15 is 0 Å². The zero-order chi connectivity index (χ0) is 27.2. The van der Waals surface area contributed by atoms with Crippen LogP contribution in [0.15, 0.2) is 47.0 Å². The van der Waals surface area contributed by atoms with Crippen molar-refractivity contribution < 1.29 is 28.7 Å². The van der Waals surface area contributed by atoms with E-state index in [-0.39, 0.29) is 17.8 Å². The van der Waals surface area contributed by atoms with E-state index in [0.717, 1.165) is 40.7 Å². The van der Waals surface area contributed by atoms with Crippen molar-refractivity contribution in [2.24, 2.45) is 5.92 Å². The van der Waals surface area contributed by atoms with Crippen LogP contribution in [0, 0.1) is 26.7 Å². The number of aryl methyl sites for hydroxylation is 3. The number of hydrogen-bond donors (Lipinski definition) is 2. The van der Waals surface area contributed by atoms with E-state index in [4.69, 9.17) is 14.0 Å². The molecular formula is C30H34N2O6. The number of carboxylic acid groups (broad SMARTS) is 1. The predicted octanol–water partition coefficient (Wildman–Crippen LogP) is 6.49. The number of rotatable bonds is 7. The van der Waals surface area contributed by atoms with Gasteiger partial charge in [0.1, 0.15) is 17.5 Å². The number of nitrogens with one attached hydrogen (secondary N) is 1. The van der Waals surface area contributed by atoms with E-state index < -0.39 is 23.8 Å². The molecule has 2 fully saturated rings. The highest BCUT2D eigenvalue weighted by atomic mass is 16.6. The summed E-state index contributed by atoms with van der Waals surface area (Å²) >= 11 is 0. The summed E-state index contributed by atoms with van der Waals surface area (Å²) in [4.78, 5) is 24.0. The standard InChI is InChI=1S/C30H34N2O6/c1-17-8-6-7-9-23(17)20(4)37-28(35)31-26-19(3)32-38-27(26)24-11-10-21(12-18(24)2)29(5)13-22-14-30(22,36-16-29)15-25(33)34/h6-12,20,22H,13-16H2,1-5H3,(H,31,35)(H,33,34)/t20-,22?,29?,30?/m1/s1. The second-order valence-electron chi connectivity index (χ2n) is 11.1. The highest BCUT2D eigenvalue weighted by Gasteiger charge is 2.62. The van der Waals surface area contributed by atoms with Crippen LogP contribution >= 0.6 is 0 Å². The number of nitrogens with zero attached hydrogens (tertiary/aromatic N) is 1. The van der Waals surface area contributed by atoms with Crippen molar-refractivity contribution in [3.05, 3.63) is 70.4 Å². The number of fused-ring (bicyclic) bond motifs is 1. The Kier molecular flexibility index (Phi) is 6.55. The summed E-state index contributed by atoms with van der Waals surface area (Å²) in [5.41, 5.74) is 5.27. The third kappa shape index (κ3) is 4.80. The van der Waals surface area contributed by atoms with Gasteiger partial charge in [0.2, 0.25) is 0 Å². The number of carbonyl (C=O) groups is 2. The number of carbonyl (C=O) groups excluding carboxylic acids is 1. The summed E-state index contributed by atoms with van der Waals surface area (Å²) in [7, 11) is 0. The van der Waals surface area contributed by atoms with E-state index in [9.17, 15) is 14.7 Å². The van der Waals surface area contributed by atoms with Gasteiger partial charge in [0.05, 0.1) is 18.6 Å². The van der Waals surface area contributed by atoms with Crippen molar-refractivity contribution in [3.63, 3.8) is 0 Å². The molecule has 0 bridgehead atoms. The molecule has 4 atom stereocenters. The van der Waals surface area contributed by atoms with E-state index in [0.29, 0.717) is 23.7 Å². The van der Waals surface area contributed by atoms with Crippen molar-refractivity contribution in [2.75, 3.05) is 11.9 Å². The van der Waals surface area contributed by atoms with Gasteiger partial charge in [-0.1, -0.05) is 54.5 Å². The van der Waals surface area contributed by atoms with Crippen LogP contribution in [-0.4, -0.2) is 34.5 Å². The fourth-order valence-corrected chi connectivity index (χ4v) is 5.82. The van der Waals surface area contributed by atoms with E-state index in [2.05, 4.69) is 29.5 Å². The van der Waals surface area contributed by atoms with Crippen LogP contribution < -0.4 is 5.32 Å². The molecule has 0 spiro atoms. The lowest BCUT2D eigenvalue weighted by Gasteiger charge is -2.37. The minimum atomic E-state index is -0.809. The summed E-state index contributed by atoms with van der Waals surface area (Å²) in [6.45, 7) is 10.2. The first-order chi connectivity index (χ1) is 18.0. The number of benzene rings is 2. The number of hydrogen-bond acceptors (Lipinski definition) is 6. The average molecular weight is 519 g/mol. The van der Waals surface area contributed by atoms with Crippen LogP contribution in [0.1, 0.15) is 67.2 Å². The lowest BCUT2D eigenvalue weighted by molar-refractivity contribution is -0.143. The zero-order valence-electron chi connectivity index (χ0n) is 22.5. The Labute approximate surface area is 222 Å². The Morgan fingerprint density at radius 2 is 1.92 bits per heavy atom. The summed E-state index contributed by atoms with van der Waals surface area (Å²) in [5.74, 6) is -0.0746. The van der Waals surface area contributed by atoms with Gasteiger partial charge in [-0.3, -0.25) is 10.1 Å². The number of aromatic nitrogens is 1. The number of aliphatic carboxylic acids is 1. The molecule has 8 heteroatoms. The number of anilines is 1. The van der Waals surface area contributed by atoms with Gasteiger partial charge in [-0.2, -0.15) is 0 Å². The van der Waals surface area contributed by atoms with Gasteiger partial charge in [-0.25, -0.2) is 4.79 Å². The van der Waals surface area contributed by atoms with Crippen LogP contribution in [0.5, 0.6) is 0 Å². The normalized spacial score (nSPS) is 24.8. The largest absolute Gasteiger partial charge is 0.481 e. The molecule has 2 aromatic carbocycles. The summed E-state index contributed by atoms with van der Waals surface area (Å²) < 4.78 is 17.5. The first-order valence-electron chi connectivity index (χ1n) is 13.0. The molecule has 2 N–H and O–H groups in total. The maximum absolute atomic E-state index is 12.8. The quantitative estimate of drug-likeness (QED) is 0.368. The van der Waals surface area contributed by atoms with E-state index in [1.54, 1.807) is 6.92 Å². The lowest BCUT2D eigenvalue weighted by atomic mass is 9.75. The van der Waals surface area contributed by atoms with E-state index in [1.807, 2.05) is 51.1 Å². The number of amides is 1.